The molecule has 0 aliphatic heterocycles. The van der Waals surface area contributed by atoms with Crippen LogP contribution in [0.5, 0.6) is 0 Å². The average molecular weight is 254 g/mol. The molecule has 0 saturated carbocycles. The molecule has 0 spiro atoms. The first-order valence-corrected chi connectivity index (χ1v) is 5.89. The monoisotopic (exact) mass is 254 g/mol. The molecule has 0 unspecified atom stereocenters. The molecule has 0 saturated heterocycles. The molecule has 0 aromatic carbocycles. The molecule has 1 rings (SSSR count). The van der Waals surface area contributed by atoms with Gasteiger partial charge in [0.1, 0.15) is 0 Å². The average Bonchev–Trinajstić information content (AvgIpc) is 2.76. The van der Waals surface area contributed by atoms with Gasteiger partial charge in [0.15, 0.2) is 0 Å². The molecular formula is C11H18N4OS. The molecule has 17 heavy (non-hydrogen) atoms. The molecule has 3 N–H and O–H groups in total. The van der Waals surface area contributed by atoms with Gasteiger partial charge in [-0.05, 0) is 20.3 Å². The fourth-order valence-electron chi connectivity index (χ4n) is 1.22. The van der Waals surface area contributed by atoms with Crippen molar-refractivity contribution in [3.8, 4) is 0 Å². The number of nitrogens with zero attached hydrogens (tertiary/aromatic N) is 2. The van der Waals surface area contributed by atoms with Crippen molar-refractivity contribution in [1.29, 1.82) is 0 Å². The number of rotatable bonds is 6. The molecule has 0 atom stereocenters. The highest BCUT2D eigenvalue weighted by Crippen LogP contribution is 2.15. The highest BCUT2D eigenvalue weighted by atomic mass is 32.1. The van der Waals surface area contributed by atoms with E-state index in [0.717, 1.165) is 13.0 Å². The molecule has 0 bridgehead atoms. The Hall–Kier alpha value is -1.43. The molecule has 1 aromatic rings. The predicted octanol–water partition coefficient (Wildman–Crippen LogP) is 0.702. The van der Waals surface area contributed by atoms with E-state index in [1.165, 1.54) is 0 Å². The van der Waals surface area contributed by atoms with Gasteiger partial charge in [0.2, 0.25) is 5.91 Å². The van der Waals surface area contributed by atoms with Gasteiger partial charge in [-0.1, -0.05) is 12.2 Å². The third kappa shape index (κ3) is 3.81. The lowest BCUT2D eigenvalue weighted by Crippen LogP contribution is -2.45. The van der Waals surface area contributed by atoms with E-state index in [4.69, 9.17) is 18.0 Å². The lowest BCUT2D eigenvalue weighted by atomic mass is 9.92. The summed E-state index contributed by atoms with van der Waals surface area (Å²) in [7, 11) is 0. The summed E-state index contributed by atoms with van der Waals surface area (Å²) in [6.45, 7) is 4.87. The zero-order valence-corrected chi connectivity index (χ0v) is 11.0. The first-order chi connectivity index (χ1) is 7.94. The molecule has 0 fully saturated rings. The number of hydrogen-bond acceptors (Lipinski definition) is 3. The smallest absolute Gasteiger partial charge is 0.232 e. The maximum absolute atomic E-state index is 11.8. The van der Waals surface area contributed by atoms with Crippen molar-refractivity contribution in [1.82, 2.24) is 14.9 Å². The summed E-state index contributed by atoms with van der Waals surface area (Å²) in [5.41, 5.74) is 4.72. The van der Waals surface area contributed by atoms with Crippen molar-refractivity contribution >= 4 is 23.1 Å². The Bertz CT molecular complexity index is 386. The fourth-order valence-corrected chi connectivity index (χ4v) is 1.31. The van der Waals surface area contributed by atoms with Crippen molar-refractivity contribution in [3.63, 3.8) is 0 Å². The number of nitrogens with one attached hydrogen (secondary N) is 1. The van der Waals surface area contributed by atoms with Crippen LogP contribution in [0.25, 0.3) is 0 Å². The maximum atomic E-state index is 11.8. The highest BCUT2D eigenvalue weighted by Gasteiger charge is 2.30. The third-order valence-corrected chi connectivity index (χ3v) is 3.13. The van der Waals surface area contributed by atoms with Crippen LogP contribution in [0.4, 0.5) is 0 Å². The Morgan fingerprint density at radius 2 is 2.29 bits per heavy atom. The standard InChI is InChI=1S/C11H18N4OS/c1-11(2,9(12)17)10(16)14-4-3-6-15-7-5-13-8-15/h5,7-8H,3-4,6H2,1-2H3,(H2,12,17)(H,14,16). The second-order valence-corrected chi connectivity index (χ2v) is 4.84. The summed E-state index contributed by atoms with van der Waals surface area (Å²) >= 11 is 4.86. The number of hydrogen-bond donors (Lipinski definition) is 2. The van der Waals surface area contributed by atoms with Crippen LogP contribution < -0.4 is 11.1 Å². The van der Waals surface area contributed by atoms with E-state index in [1.807, 2.05) is 10.8 Å². The number of carbonyl (C=O) groups excluding carboxylic acids is 1. The van der Waals surface area contributed by atoms with E-state index in [0.29, 0.717) is 6.54 Å². The first kappa shape index (κ1) is 13.6. The van der Waals surface area contributed by atoms with Crippen LogP contribution >= 0.6 is 12.2 Å². The summed E-state index contributed by atoms with van der Waals surface area (Å²) < 4.78 is 1.96. The minimum absolute atomic E-state index is 0.129. The Balaban J connectivity index is 2.27. The minimum Gasteiger partial charge on any atom is -0.392 e. The number of thiocarbonyl (C=S) groups is 1. The number of amides is 1. The normalized spacial score (nSPS) is 11.2. The Kier molecular flexibility index (Phi) is 4.62. The Morgan fingerprint density at radius 1 is 1.59 bits per heavy atom. The van der Waals surface area contributed by atoms with Crippen LogP contribution in [0.3, 0.4) is 0 Å². The van der Waals surface area contributed by atoms with Crippen LogP contribution in [0.15, 0.2) is 18.7 Å². The summed E-state index contributed by atoms with van der Waals surface area (Å²) in [4.78, 5) is 15.9. The minimum atomic E-state index is -0.787. The maximum Gasteiger partial charge on any atom is 0.232 e. The van der Waals surface area contributed by atoms with Crippen LogP contribution in [0.1, 0.15) is 20.3 Å². The van der Waals surface area contributed by atoms with Crippen LogP contribution in [0, 0.1) is 5.41 Å². The van der Waals surface area contributed by atoms with Crippen LogP contribution in [0.2, 0.25) is 0 Å². The Morgan fingerprint density at radius 3 is 2.82 bits per heavy atom. The van der Waals surface area contributed by atoms with Crippen molar-refractivity contribution < 1.29 is 4.79 Å². The number of nitrogens with two attached hydrogens (primary N) is 1. The largest absolute Gasteiger partial charge is 0.392 e. The SMILES string of the molecule is CC(C)(C(=O)NCCCn1ccnc1)C(N)=S. The summed E-state index contributed by atoms with van der Waals surface area (Å²) in [5.74, 6) is -0.129. The van der Waals surface area contributed by atoms with Crippen molar-refractivity contribution in [2.24, 2.45) is 11.1 Å². The second-order valence-electron chi connectivity index (χ2n) is 4.40. The molecule has 1 aromatic heterocycles. The van der Waals surface area contributed by atoms with Crippen molar-refractivity contribution in [2.75, 3.05) is 6.54 Å². The molecular weight excluding hydrogens is 236 g/mol. The van der Waals surface area contributed by atoms with Crippen molar-refractivity contribution in [3.05, 3.63) is 18.7 Å². The van der Waals surface area contributed by atoms with Gasteiger partial charge in [-0.25, -0.2) is 4.98 Å². The van der Waals surface area contributed by atoms with E-state index < -0.39 is 5.41 Å². The van der Waals surface area contributed by atoms with Crippen LogP contribution in [-0.4, -0.2) is 27.0 Å². The van der Waals surface area contributed by atoms with Gasteiger partial charge in [-0.15, -0.1) is 0 Å². The molecule has 0 aliphatic rings. The van der Waals surface area contributed by atoms with Gasteiger partial charge >= 0.3 is 0 Å². The van der Waals surface area contributed by atoms with E-state index >= 15 is 0 Å². The highest BCUT2D eigenvalue weighted by molar-refractivity contribution is 7.80. The van der Waals surface area contributed by atoms with Gasteiger partial charge in [-0.2, -0.15) is 0 Å². The quantitative estimate of drug-likeness (QED) is 0.579. The second kappa shape index (κ2) is 5.77. The summed E-state index contributed by atoms with van der Waals surface area (Å²) in [6, 6.07) is 0. The molecule has 1 heterocycles. The Labute approximate surface area is 106 Å². The molecule has 5 nitrogen and oxygen atoms in total. The molecule has 1 amide bonds. The number of aryl methyl sites for hydroxylation is 1. The van der Waals surface area contributed by atoms with E-state index in [9.17, 15) is 4.79 Å². The predicted molar refractivity (Wildman–Crippen MR) is 70.4 cm³/mol. The summed E-state index contributed by atoms with van der Waals surface area (Å²) in [6.07, 6.45) is 6.21. The van der Waals surface area contributed by atoms with E-state index in [2.05, 4.69) is 10.3 Å². The lowest BCUT2D eigenvalue weighted by Gasteiger charge is -2.21. The fraction of sp³-hybridized carbons (Fsp3) is 0.545. The van der Waals surface area contributed by atoms with Gasteiger partial charge in [-0.3, -0.25) is 4.79 Å². The van der Waals surface area contributed by atoms with Gasteiger partial charge in [0.05, 0.1) is 16.7 Å². The zero-order chi connectivity index (χ0) is 12.9. The number of imidazole rings is 1. The van der Waals surface area contributed by atoms with Gasteiger partial charge < -0.3 is 15.6 Å². The van der Waals surface area contributed by atoms with Gasteiger partial charge in [0.25, 0.3) is 0 Å². The summed E-state index contributed by atoms with van der Waals surface area (Å²) in [5, 5.41) is 2.83. The molecule has 0 aliphatic carbocycles. The number of carbonyl (C=O) groups is 1. The van der Waals surface area contributed by atoms with Gasteiger partial charge in [0, 0.05) is 25.5 Å². The van der Waals surface area contributed by atoms with E-state index in [1.54, 1.807) is 26.4 Å². The van der Waals surface area contributed by atoms with E-state index in [-0.39, 0.29) is 10.9 Å². The molecule has 0 radical (unpaired) electrons. The molecule has 6 heteroatoms. The third-order valence-electron chi connectivity index (χ3n) is 2.62. The number of aromatic nitrogens is 2. The van der Waals surface area contributed by atoms with Crippen molar-refractivity contribution in [2.45, 2.75) is 26.8 Å². The molecule has 94 valence electrons. The lowest BCUT2D eigenvalue weighted by molar-refractivity contribution is -0.126. The first-order valence-electron chi connectivity index (χ1n) is 5.48. The topological polar surface area (TPSA) is 72.9 Å². The van der Waals surface area contributed by atoms with Crippen LogP contribution in [-0.2, 0) is 11.3 Å². The zero-order valence-electron chi connectivity index (χ0n) is 10.1.